The maximum absolute atomic E-state index is 12.9. The van der Waals surface area contributed by atoms with Gasteiger partial charge in [-0.15, -0.1) is 6.42 Å². The van der Waals surface area contributed by atoms with Crippen LogP contribution in [0.25, 0.3) is 0 Å². The predicted molar refractivity (Wildman–Crippen MR) is 97.1 cm³/mol. The molecule has 2 aromatic carbocycles. The van der Waals surface area contributed by atoms with Gasteiger partial charge in [0.15, 0.2) is 0 Å². The van der Waals surface area contributed by atoms with E-state index in [0.717, 1.165) is 0 Å². The Hall–Kier alpha value is -2.17. The molecular weight excluding hydrogens is 394 g/mol. The van der Waals surface area contributed by atoms with Gasteiger partial charge in [0.25, 0.3) is 10.0 Å². The number of rotatable bonds is 6. The molecule has 0 fully saturated rings. The molecule has 0 heterocycles. The lowest BCUT2D eigenvalue weighted by molar-refractivity contribution is 0.370. The molecule has 0 aromatic heterocycles. The van der Waals surface area contributed by atoms with E-state index in [9.17, 15) is 8.42 Å². The minimum absolute atomic E-state index is 0.0783. The molecule has 2 aromatic rings. The van der Waals surface area contributed by atoms with Gasteiger partial charge in [-0.05, 0) is 42.5 Å². The highest BCUT2D eigenvalue weighted by Gasteiger charge is 2.25. The van der Waals surface area contributed by atoms with Crippen LogP contribution in [0.5, 0.6) is 11.5 Å². The molecular formula is C17H16BrNO4S. The van der Waals surface area contributed by atoms with E-state index in [1.165, 1.54) is 24.5 Å². The second-order valence-electron chi connectivity index (χ2n) is 4.75. The Kier molecular flexibility index (Phi) is 5.75. The normalized spacial score (nSPS) is 10.8. The van der Waals surface area contributed by atoms with Crippen LogP contribution < -0.4 is 13.8 Å². The van der Waals surface area contributed by atoms with Gasteiger partial charge in [0.1, 0.15) is 23.0 Å². The van der Waals surface area contributed by atoms with Crippen molar-refractivity contribution in [2.45, 2.75) is 4.90 Å². The average Bonchev–Trinajstić information content (AvgIpc) is 2.59. The molecule has 0 unspecified atom stereocenters. The summed E-state index contributed by atoms with van der Waals surface area (Å²) in [6.45, 7) is 0.155. The zero-order chi connectivity index (χ0) is 17.7. The summed E-state index contributed by atoms with van der Waals surface area (Å²) >= 11 is 3.29. The van der Waals surface area contributed by atoms with Crippen LogP contribution in [0.4, 0.5) is 5.69 Å². The summed E-state index contributed by atoms with van der Waals surface area (Å²) in [7, 11) is -0.872. The molecule has 126 valence electrons. The Morgan fingerprint density at radius 2 is 1.88 bits per heavy atom. The number of hydrogen-bond donors (Lipinski definition) is 0. The van der Waals surface area contributed by atoms with Crippen molar-refractivity contribution in [3.05, 3.63) is 46.9 Å². The molecule has 0 radical (unpaired) electrons. The number of methoxy groups -OCH3 is 1. The molecule has 0 aliphatic carbocycles. The fourth-order valence-electron chi connectivity index (χ4n) is 2.02. The summed E-state index contributed by atoms with van der Waals surface area (Å²) in [4.78, 5) is 0.0783. The van der Waals surface area contributed by atoms with Crippen LogP contribution in [0.3, 0.4) is 0 Å². The first-order valence-electron chi connectivity index (χ1n) is 6.89. The molecule has 5 nitrogen and oxygen atoms in total. The monoisotopic (exact) mass is 409 g/mol. The zero-order valence-electron chi connectivity index (χ0n) is 13.2. The summed E-state index contributed by atoms with van der Waals surface area (Å²) in [5.41, 5.74) is 0.491. The van der Waals surface area contributed by atoms with Crippen molar-refractivity contribution in [2.24, 2.45) is 0 Å². The lowest BCUT2D eigenvalue weighted by atomic mass is 10.3. The Bertz CT molecular complexity index is 857. The number of ether oxygens (including phenoxy) is 2. The van der Waals surface area contributed by atoms with Gasteiger partial charge < -0.3 is 9.47 Å². The van der Waals surface area contributed by atoms with Crippen molar-refractivity contribution in [3.8, 4) is 23.8 Å². The van der Waals surface area contributed by atoms with Gasteiger partial charge in [-0.3, -0.25) is 4.31 Å². The first-order chi connectivity index (χ1) is 11.4. The summed E-state index contributed by atoms with van der Waals surface area (Å²) in [5, 5.41) is 0. The van der Waals surface area contributed by atoms with Crippen molar-refractivity contribution in [1.29, 1.82) is 0 Å². The molecule has 24 heavy (non-hydrogen) atoms. The van der Waals surface area contributed by atoms with E-state index in [0.29, 0.717) is 15.9 Å². The first-order valence-corrected chi connectivity index (χ1v) is 9.12. The molecule has 0 saturated heterocycles. The topological polar surface area (TPSA) is 55.8 Å². The third-order valence-corrected chi connectivity index (χ3v) is 5.59. The van der Waals surface area contributed by atoms with E-state index >= 15 is 0 Å². The molecule has 0 N–H and O–H groups in total. The SMILES string of the molecule is C#CCOc1ccc(N(C)S(=O)(=O)c2cc(Br)ccc2OC)cc1. The van der Waals surface area contributed by atoms with Gasteiger partial charge in [0, 0.05) is 11.5 Å². The van der Waals surface area contributed by atoms with Crippen molar-refractivity contribution in [2.75, 3.05) is 25.1 Å². The number of terminal acetylenes is 1. The smallest absolute Gasteiger partial charge is 0.267 e. The highest BCUT2D eigenvalue weighted by atomic mass is 79.9. The highest BCUT2D eigenvalue weighted by Crippen LogP contribution is 2.31. The lowest BCUT2D eigenvalue weighted by Gasteiger charge is -2.21. The Morgan fingerprint density at radius 1 is 1.21 bits per heavy atom. The summed E-state index contributed by atoms with van der Waals surface area (Å²) in [5.74, 6) is 3.22. The van der Waals surface area contributed by atoms with E-state index in [1.807, 2.05) is 0 Å². The van der Waals surface area contributed by atoms with Crippen molar-refractivity contribution >= 4 is 31.6 Å². The van der Waals surface area contributed by atoms with E-state index in [4.69, 9.17) is 15.9 Å². The van der Waals surface area contributed by atoms with Crippen molar-refractivity contribution < 1.29 is 17.9 Å². The molecule has 0 amide bonds. The maximum Gasteiger partial charge on any atom is 0.267 e. The van der Waals surface area contributed by atoms with E-state index in [1.54, 1.807) is 36.4 Å². The fraction of sp³-hybridized carbons (Fsp3) is 0.176. The Morgan fingerprint density at radius 3 is 2.46 bits per heavy atom. The van der Waals surface area contributed by atoms with Crippen LogP contribution in [0.2, 0.25) is 0 Å². The number of anilines is 1. The summed E-state index contributed by atoms with van der Waals surface area (Å²) in [6, 6.07) is 11.4. The van der Waals surface area contributed by atoms with Gasteiger partial charge in [0.2, 0.25) is 0 Å². The Balaban J connectivity index is 2.36. The summed E-state index contributed by atoms with van der Waals surface area (Å²) < 4.78 is 38.1. The van der Waals surface area contributed by atoms with Crippen LogP contribution in [0.15, 0.2) is 51.8 Å². The molecule has 2 rings (SSSR count). The number of hydrogen-bond acceptors (Lipinski definition) is 4. The minimum Gasteiger partial charge on any atom is -0.495 e. The first kappa shape index (κ1) is 18.2. The second-order valence-corrected chi connectivity index (χ2v) is 7.61. The van der Waals surface area contributed by atoms with Crippen LogP contribution in [0, 0.1) is 12.3 Å². The van der Waals surface area contributed by atoms with Gasteiger partial charge in [-0.25, -0.2) is 8.42 Å². The van der Waals surface area contributed by atoms with Crippen LogP contribution in [-0.2, 0) is 10.0 Å². The third kappa shape index (κ3) is 3.83. The molecule has 0 aliphatic rings. The molecule has 0 spiro atoms. The molecule has 0 bridgehead atoms. The lowest BCUT2D eigenvalue weighted by Crippen LogP contribution is -2.27. The van der Waals surface area contributed by atoms with Crippen LogP contribution >= 0.6 is 15.9 Å². The van der Waals surface area contributed by atoms with Gasteiger partial charge in [0.05, 0.1) is 12.8 Å². The quantitative estimate of drug-likeness (QED) is 0.686. The zero-order valence-corrected chi connectivity index (χ0v) is 15.6. The second kappa shape index (κ2) is 7.60. The molecule has 0 saturated carbocycles. The van der Waals surface area contributed by atoms with Crippen molar-refractivity contribution in [1.82, 2.24) is 0 Å². The Labute approximate surface area is 150 Å². The molecule has 0 aliphatic heterocycles. The van der Waals surface area contributed by atoms with E-state index in [-0.39, 0.29) is 17.3 Å². The summed E-state index contributed by atoms with van der Waals surface area (Å²) in [6.07, 6.45) is 5.14. The van der Waals surface area contributed by atoms with Crippen molar-refractivity contribution in [3.63, 3.8) is 0 Å². The molecule has 7 heteroatoms. The van der Waals surface area contributed by atoms with Gasteiger partial charge in [-0.1, -0.05) is 21.9 Å². The highest BCUT2D eigenvalue weighted by molar-refractivity contribution is 9.10. The largest absolute Gasteiger partial charge is 0.495 e. The maximum atomic E-state index is 12.9. The average molecular weight is 410 g/mol. The number of sulfonamides is 1. The van der Waals surface area contributed by atoms with Crippen LogP contribution in [-0.4, -0.2) is 29.2 Å². The predicted octanol–water partition coefficient (Wildman–Crippen LogP) is 3.29. The van der Waals surface area contributed by atoms with Crippen LogP contribution in [0.1, 0.15) is 0 Å². The number of benzene rings is 2. The van der Waals surface area contributed by atoms with Gasteiger partial charge >= 0.3 is 0 Å². The third-order valence-electron chi connectivity index (χ3n) is 3.29. The minimum atomic E-state index is -3.78. The van der Waals surface area contributed by atoms with Gasteiger partial charge in [-0.2, -0.15) is 0 Å². The number of nitrogens with zero attached hydrogens (tertiary/aromatic N) is 1. The van der Waals surface area contributed by atoms with E-state index in [2.05, 4.69) is 21.9 Å². The molecule has 0 atom stereocenters. The fourth-order valence-corrected chi connectivity index (χ4v) is 3.90. The standard InChI is InChI=1S/C17H16BrNO4S/c1-4-11-23-15-8-6-14(7-9-15)19(2)24(20,21)17-12-13(18)5-10-16(17)22-3/h1,5-10,12H,11H2,2-3H3. The van der Waals surface area contributed by atoms with E-state index < -0.39 is 10.0 Å². The number of halogens is 1.